The molecule has 2 aliphatic heterocycles. The number of carbonyl (C=O) groups is 1. The molecule has 3 rings (SSSR count). The average molecular weight is 320 g/mol. The Bertz CT molecular complexity index is 563. The zero-order valence-corrected chi connectivity index (χ0v) is 13.9. The van der Waals surface area contributed by atoms with E-state index in [9.17, 15) is 9.18 Å². The topological polar surface area (TPSA) is 32.8 Å². The standard InChI is InChI=1S/C18H25FN2O2/c1-20-10-15(11-23-2)18(12-20)7-8-21(13-18)17(22)9-14-3-5-16(19)6-4-14/h3-6,15H,7-13H2,1-2H3/t15-,18-/m1/s1. The lowest BCUT2D eigenvalue weighted by Gasteiger charge is -2.30. The maximum atomic E-state index is 13.0. The first-order chi connectivity index (χ1) is 11.0. The summed E-state index contributed by atoms with van der Waals surface area (Å²) < 4.78 is 18.4. The van der Waals surface area contributed by atoms with Crippen LogP contribution in [0.15, 0.2) is 24.3 Å². The molecular weight excluding hydrogens is 295 g/mol. The fourth-order valence-electron chi connectivity index (χ4n) is 4.19. The van der Waals surface area contributed by atoms with Crippen molar-refractivity contribution in [3.8, 4) is 0 Å². The Morgan fingerprint density at radius 2 is 2.09 bits per heavy atom. The van der Waals surface area contributed by atoms with E-state index >= 15 is 0 Å². The molecule has 0 bridgehead atoms. The van der Waals surface area contributed by atoms with Crippen LogP contribution in [0.2, 0.25) is 0 Å². The lowest BCUT2D eigenvalue weighted by Crippen LogP contribution is -2.38. The molecule has 0 aromatic heterocycles. The molecule has 2 atom stereocenters. The van der Waals surface area contributed by atoms with Gasteiger partial charge in [0, 0.05) is 44.6 Å². The third-order valence-corrected chi connectivity index (χ3v) is 5.36. The third kappa shape index (κ3) is 3.40. The van der Waals surface area contributed by atoms with Crippen molar-refractivity contribution in [2.24, 2.45) is 11.3 Å². The Morgan fingerprint density at radius 1 is 1.35 bits per heavy atom. The van der Waals surface area contributed by atoms with E-state index in [0.29, 0.717) is 12.3 Å². The zero-order valence-electron chi connectivity index (χ0n) is 13.9. The Morgan fingerprint density at radius 3 is 2.78 bits per heavy atom. The summed E-state index contributed by atoms with van der Waals surface area (Å²) >= 11 is 0. The van der Waals surface area contributed by atoms with Gasteiger partial charge in [0.05, 0.1) is 13.0 Å². The molecule has 126 valence electrons. The molecule has 5 heteroatoms. The van der Waals surface area contributed by atoms with Gasteiger partial charge in [-0.05, 0) is 31.2 Å². The highest BCUT2D eigenvalue weighted by Crippen LogP contribution is 2.43. The normalized spacial score (nSPS) is 28.0. The largest absolute Gasteiger partial charge is 0.384 e. The first-order valence-corrected chi connectivity index (χ1v) is 8.22. The molecule has 0 radical (unpaired) electrons. The molecule has 0 N–H and O–H groups in total. The van der Waals surface area contributed by atoms with E-state index in [2.05, 4.69) is 11.9 Å². The first-order valence-electron chi connectivity index (χ1n) is 8.22. The Balaban J connectivity index is 1.64. The molecule has 0 aliphatic carbocycles. The molecule has 4 nitrogen and oxygen atoms in total. The average Bonchev–Trinajstić information content (AvgIpc) is 3.07. The van der Waals surface area contributed by atoms with Gasteiger partial charge in [0.15, 0.2) is 0 Å². The predicted molar refractivity (Wildman–Crippen MR) is 86.6 cm³/mol. The van der Waals surface area contributed by atoms with Gasteiger partial charge in [-0.25, -0.2) is 4.39 Å². The van der Waals surface area contributed by atoms with Crippen molar-refractivity contribution >= 4 is 5.91 Å². The number of nitrogens with zero attached hydrogens (tertiary/aromatic N) is 2. The third-order valence-electron chi connectivity index (χ3n) is 5.36. The Hall–Kier alpha value is -1.46. The SMILES string of the molecule is COC[C@H]1CN(C)C[C@@]12CCN(C(=O)Cc1ccc(F)cc1)C2. The Labute approximate surface area is 137 Å². The second-order valence-corrected chi connectivity index (χ2v) is 7.08. The van der Waals surface area contributed by atoms with Crippen molar-refractivity contribution in [3.63, 3.8) is 0 Å². The van der Waals surface area contributed by atoms with Crippen molar-refractivity contribution in [2.45, 2.75) is 12.8 Å². The van der Waals surface area contributed by atoms with Crippen LogP contribution in [0.5, 0.6) is 0 Å². The second-order valence-electron chi connectivity index (χ2n) is 7.08. The van der Waals surface area contributed by atoms with E-state index in [0.717, 1.165) is 44.8 Å². The van der Waals surface area contributed by atoms with E-state index in [4.69, 9.17) is 4.74 Å². The summed E-state index contributed by atoms with van der Waals surface area (Å²) in [6.45, 7) is 4.44. The van der Waals surface area contributed by atoms with Crippen LogP contribution in [0.3, 0.4) is 0 Å². The maximum absolute atomic E-state index is 13.0. The molecule has 0 saturated carbocycles. The van der Waals surface area contributed by atoms with Gasteiger partial charge in [-0.3, -0.25) is 4.79 Å². The fraction of sp³-hybridized carbons (Fsp3) is 0.611. The summed E-state index contributed by atoms with van der Waals surface area (Å²) in [6.07, 6.45) is 1.39. The van der Waals surface area contributed by atoms with Crippen LogP contribution in [0, 0.1) is 17.2 Å². The van der Waals surface area contributed by atoms with Gasteiger partial charge in [-0.2, -0.15) is 0 Å². The number of ether oxygens (including phenoxy) is 1. The van der Waals surface area contributed by atoms with Crippen LogP contribution >= 0.6 is 0 Å². The number of benzene rings is 1. The lowest BCUT2D eigenvalue weighted by molar-refractivity contribution is -0.130. The molecule has 2 saturated heterocycles. The highest BCUT2D eigenvalue weighted by Gasteiger charge is 2.50. The van der Waals surface area contributed by atoms with E-state index < -0.39 is 0 Å². The smallest absolute Gasteiger partial charge is 0.227 e. The van der Waals surface area contributed by atoms with Crippen molar-refractivity contribution in [3.05, 3.63) is 35.6 Å². The van der Waals surface area contributed by atoms with Gasteiger partial charge in [0.1, 0.15) is 5.82 Å². The van der Waals surface area contributed by atoms with Crippen molar-refractivity contribution in [2.75, 3.05) is 46.9 Å². The second kappa shape index (κ2) is 6.57. The summed E-state index contributed by atoms with van der Waals surface area (Å²) in [6, 6.07) is 6.20. The number of halogens is 1. The minimum atomic E-state index is -0.266. The molecule has 1 aromatic rings. The Kier molecular flexibility index (Phi) is 4.69. The molecule has 2 aliphatic rings. The number of hydrogen-bond acceptors (Lipinski definition) is 3. The number of likely N-dealkylation sites (tertiary alicyclic amines) is 2. The van der Waals surface area contributed by atoms with Crippen molar-refractivity contribution in [1.82, 2.24) is 9.80 Å². The van der Waals surface area contributed by atoms with Gasteiger partial charge in [-0.1, -0.05) is 12.1 Å². The number of hydrogen-bond donors (Lipinski definition) is 0. The van der Waals surface area contributed by atoms with Crippen LogP contribution in [0.25, 0.3) is 0 Å². The summed E-state index contributed by atoms with van der Waals surface area (Å²) in [7, 11) is 3.89. The van der Waals surface area contributed by atoms with Crippen LogP contribution < -0.4 is 0 Å². The number of amides is 1. The summed E-state index contributed by atoms with van der Waals surface area (Å²) in [5.41, 5.74) is 1.04. The van der Waals surface area contributed by atoms with Gasteiger partial charge >= 0.3 is 0 Å². The summed E-state index contributed by atoms with van der Waals surface area (Å²) in [5, 5.41) is 0. The minimum Gasteiger partial charge on any atom is -0.384 e. The van der Waals surface area contributed by atoms with E-state index in [1.807, 2.05) is 4.90 Å². The molecule has 1 aromatic carbocycles. The van der Waals surface area contributed by atoms with Gasteiger partial charge in [0.2, 0.25) is 5.91 Å². The predicted octanol–water partition coefficient (Wildman–Crippen LogP) is 1.79. The van der Waals surface area contributed by atoms with Gasteiger partial charge in [0.25, 0.3) is 0 Å². The first kappa shape index (κ1) is 16.4. The van der Waals surface area contributed by atoms with Crippen LogP contribution in [-0.4, -0.2) is 62.7 Å². The van der Waals surface area contributed by atoms with Crippen molar-refractivity contribution < 1.29 is 13.9 Å². The van der Waals surface area contributed by atoms with Crippen LogP contribution in [-0.2, 0) is 16.0 Å². The van der Waals surface area contributed by atoms with E-state index in [1.54, 1.807) is 19.2 Å². The van der Waals surface area contributed by atoms with Crippen molar-refractivity contribution in [1.29, 1.82) is 0 Å². The van der Waals surface area contributed by atoms with Gasteiger partial charge in [-0.15, -0.1) is 0 Å². The molecule has 2 fully saturated rings. The van der Waals surface area contributed by atoms with E-state index in [1.165, 1.54) is 12.1 Å². The van der Waals surface area contributed by atoms with E-state index in [-0.39, 0.29) is 17.1 Å². The highest BCUT2D eigenvalue weighted by molar-refractivity contribution is 5.79. The monoisotopic (exact) mass is 320 g/mol. The zero-order chi connectivity index (χ0) is 16.4. The molecule has 0 unspecified atom stereocenters. The quantitative estimate of drug-likeness (QED) is 0.848. The molecule has 23 heavy (non-hydrogen) atoms. The van der Waals surface area contributed by atoms with Crippen LogP contribution in [0.1, 0.15) is 12.0 Å². The minimum absolute atomic E-state index is 0.138. The number of methoxy groups -OCH3 is 1. The fourth-order valence-corrected chi connectivity index (χ4v) is 4.19. The van der Waals surface area contributed by atoms with Crippen LogP contribution in [0.4, 0.5) is 4.39 Å². The number of carbonyl (C=O) groups excluding carboxylic acids is 1. The molecule has 1 amide bonds. The maximum Gasteiger partial charge on any atom is 0.227 e. The molecule has 2 heterocycles. The lowest BCUT2D eigenvalue weighted by atomic mass is 9.77. The molecular formula is C18H25FN2O2. The molecule has 1 spiro atoms. The summed E-state index contributed by atoms with van der Waals surface area (Å²) in [5.74, 6) is 0.359. The summed E-state index contributed by atoms with van der Waals surface area (Å²) in [4.78, 5) is 16.9. The number of rotatable bonds is 4. The van der Waals surface area contributed by atoms with Gasteiger partial charge < -0.3 is 14.5 Å². The highest BCUT2D eigenvalue weighted by atomic mass is 19.1.